The van der Waals surface area contributed by atoms with Crippen LogP contribution in [0.2, 0.25) is 0 Å². The molecular weight excluding hydrogens is 360 g/mol. The fraction of sp³-hybridized carbons (Fsp3) is 0.458. The largest absolute Gasteiger partial charge is 0.352 e. The van der Waals surface area contributed by atoms with Crippen LogP contribution in [0.1, 0.15) is 47.6 Å². The number of nitrogens with zero attached hydrogens (tertiary/aromatic N) is 1. The first kappa shape index (κ1) is 20.1. The number of hydrazine groups is 1. The van der Waals surface area contributed by atoms with Gasteiger partial charge in [-0.2, -0.15) is 0 Å². The third-order valence-electron chi connectivity index (χ3n) is 6.34. The second kappa shape index (κ2) is 9.08. The predicted octanol–water partition coefficient (Wildman–Crippen LogP) is 2.99. The number of aryl methyl sites for hydroxylation is 2. The Labute approximate surface area is 173 Å². The third-order valence-corrected chi connectivity index (χ3v) is 6.34. The number of benzene rings is 2. The van der Waals surface area contributed by atoms with Crippen molar-refractivity contribution >= 4 is 5.91 Å². The predicted molar refractivity (Wildman–Crippen MR) is 116 cm³/mol. The van der Waals surface area contributed by atoms with Gasteiger partial charge in [0.25, 0.3) is 0 Å². The van der Waals surface area contributed by atoms with Gasteiger partial charge >= 0.3 is 0 Å². The summed E-state index contributed by atoms with van der Waals surface area (Å²) in [5, 5.41) is 3.27. The molecule has 2 saturated heterocycles. The highest BCUT2D eigenvalue weighted by Gasteiger charge is 2.32. The molecule has 0 aromatic heterocycles. The van der Waals surface area contributed by atoms with Crippen molar-refractivity contribution in [2.45, 2.75) is 57.8 Å². The third kappa shape index (κ3) is 5.04. The van der Waals surface area contributed by atoms with Crippen molar-refractivity contribution in [3.05, 3.63) is 70.8 Å². The van der Waals surface area contributed by atoms with E-state index in [1.807, 2.05) is 0 Å². The lowest BCUT2D eigenvalue weighted by molar-refractivity contribution is -0.123. The van der Waals surface area contributed by atoms with Crippen molar-refractivity contribution in [3.63, 3.8) is 0 Å². The number of carbonyl (C=O) groups excluding carboxylic acids is 1. The molecule has 0 bridgehead atoms. The number of piperidine rings is 1. The molecule has 154 valence electrons. The molecule has 0 radical (unpaired) electrons. The normalized spacial score (nSPS) is 23.2. The summed E-state index contributed by atoms with van der Waals surface area (Å²) in [6.07, 6.45) is 2.81. The van der Waals surface area contributed by atoms with Crippen molar-refractivity contribution in [1.82, 2.24) is 21.1 Å². The minimum absolute atomic E-state index is 0.116. The lowest BCUT2D eigenvalue weighted by atomic mass is 9.97. The maximum absolute atomic E-state index is 12.8. The number of carbonyl (C=O) groups is 1. The van der Waals surface area contributed by atoms with E-state index in [0.29, 0.717) is 0 Å². The SMILES string of the molecule is Cc1ccc(C2CC(C(=O)NC3CCN(Cc4ccccc4)CC3)NN2)cc1C. The molecule has 0 spiro atoms. The van der Waals surface area contributed by atoms with Crippen molar-refractivity contribution in [2.24, 2.45) is 0 Å². The maximum atomic E-state index is 12.8. The van der Waals surface area contributed by atoms with E-state index in [2.05, 4.69) is 83.4 Å². The number of hydrogen-bond donors (Lipinski definition) is 3. The van der Waals surface area contributed by atoms with Gasteiger partial charge in [-0.15, -0.1) is 0 Å². The van der Waals surface area contributed by atoms with Crippen LogP contribution in [0.25, 0.3) is 0 Å². The maximum Gasteiger partial charge on any atom is 0.238 e. The Morgan fingerprint density at radius 1 is 1.03 bits per heavy atom. The van der Waals surface area contributed by atoms with Gasteiger partial charge in [0, 0.05) is 31.7 Å². The van der Waals surface area contributed by atoms with E-state index in [4.69, 9.17) is 0 Å². The van der Waals surface area contributed by atoms with Gasteiger partial charge in [0.15, 0.2) is 0 Å². The van der Waals surface area contributed by atoms with Crippen LogP contribution in [-0.2, 0) is 11.3 Å². The van der Waals surface area contributed by atoms with Crippen LogP contribution in [0.15, 0.2) is 48.5 Å². The summed E-state index contributed by atoms with van der Waals surface area (Å²) in [6.45, 7) is 7.31. The molecule has 2 aliphatic rings. The molecule has 2 aromatic rings. The zero-order valence-corrected chi connectivity index (χ0v) is 17.4. The van der Waals surface area contributed by atoms with Gasteiger partial charge in [0.1, 0.15) is 6.04 Å². The highest BCUT2D eigenvalue weighted by Crippen LogP contribution is 2.24. The molecule has 2 unspecified atom stereocenters. The molecule has 2 atom stereocenters. The zero-order chi connectivity index (χ0) is 20.2. The van der Waals surface area contributed by atoms with Crippen molar-refractivity contribution in [3.8, 4) is 0 Å². The van der Waals surface area contributed by atoms with Gasteiger partial charge in [-0.3, -0.25) is 9.69 Å². The van der Waals surface area contributed by atoms with Crippen LogP contribution in [0.4, 0.5) is 0 Å². The van der Waals surface area contributed by atoms with E-state index in [0.717, 1.165) is 38.9 Å². The molecule has 5 nitrogen and oxygen atoms in total. The molecule has 4 rings (SSSR count). The minimum Gasteiger partial charge on any atom is -0.352 e. The van der Waals surface area contributed by atoms with E-state index in [1.165, 1.54) is 22.3 Å². The van der Waals surface area contributed by atoms with Crippen LogP contribution >= 0.6 is 0 Å². The average Bonchev–Trinajstić information content (AvgIpc) is 3.23. The van der Waals surface area contributed by atoms with Crippen LogP contribution < -0.4 is 16.2 Å². The summed E-state index contributed by atoms with van der Waals surface area (Å²) in [6, 6.07) is 17.4. The number of hydrogen-bond acceptors (Lipinski definition) is 4. The van der Waals surface area contributed by atoms with Gasteiger partial charge in [0.05, 0.1) is 0 Å². The summed E-state index contributed by atoms with van der Waals surface area (Å²) < 4.78 is 0. The second-order valence-electron chi connectivity index (χ2n) is 8.52. The monoisotopic (exact) mass is 392 g/mol. The highest BCUT2D eigenvalue weighted by atomic mass is 16.2. The van der Waals surface area contributed by atoms with Crippen LogP contribution in [0.5, 0.6) is 0 Å². The van der Waals surface area contributed by atoms with Gasteiger partial charge in [-0.1, -0.05) is 48.5 Å². The summed E-state index contributed by atoms with van der Waals surface area (Å²) in [7, 11) is 0. The van der Waals surface area contributed by atoms with Crippen molar-refractivity contribution < 1.29 is 4.79 Å². The van der Waals surface area contributed by atoms with Gasteiger partial charge in [-0.05, 0) is 55.4 Å². The van der Waals surface area contributed by atoms with Crippen molar-refractivity contribution in [1.29, 1.82) is 0 Å². The van der Waals surface area contributed by atoms with Gasteiger partial charge in [-0.25, -0.2) is 10.9 Å². The fourth-order valence-corrected chi connectivity index (χ4v) is 4.31. The first-order valence-corrected chi connectivity index (χ1v) is 10.7. The van der Waals surface area contributed by atoms with E-state index in [1.54, 1.807) is 0 Å². The lowest BCUT2D eigenvalue weighted by Crippen LogP contribution is -2.50. The Balaban J connectivity index is 1.23. The Morgan fingerprint density at radius 3 is 2.52 bits per heavy atom. The van der Waals surface area contributed by atoms with Crippen LogP contribution in [0.3, 0.4) is 0 Å². The zero-order valence-electron chi connectivity index (χ0n) is 17.4. The molecule has 2 aliphatic heterocycles. The molecule has 0 saturated carbocycles. The highest BCUT2D eigenvalue weighted by molar-refractivity contribution is 5.82. The number of nitrogens with one attached hydrogen (secondary N) is 3. The molecule has 2 aromatic carbocycles. The summed E-state index contributed by atoms with van der Waals surface area (Å²) in [5.41, 5.74) is 11.7. The number of amides is 1. The smallest absolute Gasteiger partial charge is 0.238 e. The van der Waals surface area contributed by atoms with E-state index >= 15 is 0 Å². The van der Waals surface area contributed by atoms with E-state index < -0.39 is 0 Å². The first-order chi connectivity index (χ1) is 14.1. The first-order valence-electron chi connectivity index (χ1n) is 10.7. The fourth-order valence-electron chi connectivity index (χ4n) is 4.31. The molecule has 0 aliphatic carbocycles. The Hall–Kier alpha value is -2.21. The molecular formula is C24H32N4O. The molecule has 2 heterocycles. The van der Waals surface area contributed by atoms with E-state index in [-0.39, 0.29) is 24.0 Å². The Morgan fingerprint density at radius 2 is 1.79 bits per heavy atom. The van der Waals surface area contributed by atoms with Gasteiger partial charge in [0.2, 0.25) is 5.91 Å². The van der Waals surface area contributed by atoms with Crippen LogP contribution in [-0.4, -0.2) is 36.0 Å². The summed E-state index contributed by atoms with van der Waals surface area (Å²) in [5.74, 6) is 0.116. The Kier molecular flexibility index (Phi) is 6.28. The summed E-state index contributed by atoms with van der Waals surface area (Å²) >= 11 is 0. The lowest BCUT2D eigenvalue weighted by Gasteiger charge is -2.32. The average molecular weight is 393 g/mol. The topological polar surface area (TPSA) is 56.4 Å². The molecule has 29 heavy (non-hydrogen) atoms. The van der Waals surface area contributed by atoms with Crippen LogP contribution in [0, 0.1) is 13.8 Å². The number of likely N-dealkylation sites (tertiary alicyclic amines) is 1. The number of rotatable bonds is 5. The molecule has 3 N–H and O–H groups in total. The van der Waals surface area contributed by atoms with E-state index in [9.17, 15) is 4.79 Å². The Bertz CT molecular complexity index is 830. The van der Waals surface area contributed by atoms with Crippen molar-refractivity contribution in [2.75, 3.05) is 13.1 Å². The minimum atomic E-state index is -0.177. The quantitative estimate of drug-likeness (QED) is 0.732. The second-order valence-corrected chi connectivity index (χ2v) is 8.52. The standard InChI is InChI=1S/C24H32N4O/c1-17-8-9-20(14-18(17)2)22-15-23(27-26-22)24(29)25-21-10-12-28(13-11-21)16-19-6-4-3-5-7-19/h3-9,14,21-23,26-27H,10-13,15-16H2,1-2H3,(H,25,29). The van der Waals surface area contributed by atoms with Gasteiger partial charge < -0.3 is 5.32 Å². The summed E-state index contributed by atoms with van der Waals surface area (Å²) in [4.78, 5) is 15.2. The molecule has 2 fully saturated rings. The molecule has 1 amide bonds. The molecule has 5 heteroatoms.